The first-order chi connectivity index (χ1) is 14.2. The van der Waals surface area contributed by atoms with E-state index in [1.165, 1.54) is 0 Å². The summed E-state index contributed by atoms with van der Waals surface area (Å²) in [5.74, 6) is -0.371. The fourth-order valence-corrected chi connectivity index (χ4v) is 2.64. The van der Waals surface area contributed by atoms with Crippen molar-refractivity contribution in [3.05, 3.63) is 103 Å². The second kappa shape index (κ2) is 11.2. The lowest BCUT2D eigenvalue weighted by molar-refractivity contribution is -0.115. The minimum absolute atomic E-state index is 0.131. The van der Waals surface area contributed by atoms with Crippen molar-refractivity contribution in [1.29, 1.82) is 0 Å². The minimum atomic E-state index is -0.272. The van der Waals surface area contributed by atoms with Gasteiger partial charge in [0, 0.05) is 17.4 Å². The predicted molar refractivity (Wildman–Crippen MR) is 119 cm³/mol. The lowest BCUT2D eigenvalue weighted by atomic mass is 10.1. The molecule has 3 rings (SSSR count). The maximum absolute atomic E-state index is 12.9. The molecule has 148 valence electrons. The fourth-order valence-electron chi connectivity index (χ4n) is 2.64. The number of carbonyl (C=O) groups excluding carboxylic acids is 2. The zero-order valence-corrected chi connectivity index (χ0v) is 16.7. The molecular weight excluding hydrogens is 362 g/mol. The molecule has 4 heteroatoms. The van der Waals surface area contributed by atoms with Crippen LogP contribution in [0.4, 0.5) is 5.69 Å². The number of anilines is 1. The number of para-hydroxylation sites is 1. The van der Waals surface area contributed by atoms with Gasteiger partial charge < -0.3 is 9.73 Å². The molecule has 3 aromatic rings. The van der Waals surface area contributed by atoms with Gasteiger partial charge in [-0.15, -0.1) is 0 Å². The summed E-state index contributed by atoms with van der Waals surface area (Å²) in [7, 11) is 0. The van der Waals surface area contributed by atoms with E-state index in [4.69, 9.17) is 4.42 Å². The van der Waals surface area contributed by atoms with Crippen LogP contribution in [-0.2, 0) is 4.79 Å². The van der Waals surface area contributed by atoms with Crippen molar-refractivity contribution in [2.24, 2.45) is 0 Å². The standard InChI is InChI=1S/C23H19NO3.C2H6/c1-2-3-4-5-9-16-20(25)24-21-18-14-10-11-15-19(18)27-23(21)22(26)17-12-7-6-8-13-17;1-2/h2-15H,1,16H2,(H,24,25);1-2H3/b4-3-,9-5+;. The number of hydrogen-bond donors (Lipinski definition) is 1. The maximum Gasteiger partial charge on any atom is 0.230 e. The normalized spacial score (nSPS) is 10.7. The Balaban J connectivity index is 0.00000145. The Kier molecular flexibility index (Phi) is 8.39. The molecule has 29 heavy (non-hydrogen) atoms. The Hall–Kier alpha value is -3.66. The molecule has 0 bridgehead atoms. The number of rotatable bonds is 7. The van der Waals surface area contributed by atoms with E-state index in [0.29, 0.717) is 22.2 Å². The highest BCUT2D eigenvalue weighted by atomic mass is 16.3. The molecule has 1 heterocycles. The molecule has 0 aliphatic heterocycles. The van der Waals surface area contributed by atoms with Crippen LogP contribution >= 0.6 is 0 Å². The largest absolute Gasteiger partial charge is 0.450 e. The van der Waals surface area contributed by atoms with Gasteiger partial charge in [-0.3, -0.25) is 9.59 Å². The second-order valence-corrected chi connectivity index (χ2v) is 5.80. The fraction of sp³-hybridized carbons (Fsp3) is 0.120. The highest BCUT2D eigenvalue weighted by molar-refractivity contribution is 6.17. The van der Waals surface area contributed by atoms with Crippen LogP contribution in [0, 0.1) is 0 Å². The first-order valence-electron chi connectivity index (χ1n) is 9.56. The molecule has 0 aliphatic carbocycles. The molecule has 0 saturated carbocycles. The van der Waals surface area contributed by atoms with Gasteiger partial charge in [-0.2, -0.15) is 0 Å². The van der Waals surface area contributed by atoms with Crippen LogP contribution in [-0.4, -0.2) is 11.7 Å². The minimum Gasteiger partial charge on any atom is -0.450 e. The Morgan fingerprint density at radius 3 is 2.38 bits per heavy atom. The molecular formula is C25H25NO3. The van der Waals surface area contributed by atoms with Crippen LogP contribution < -0.4 is 5.32 Å². The van der Waals surface area contributed by atoms with Crippen molar-refractivity contribution in [3.63, 3.8) is 0 Å². The number of carbonyl (C=O) groups is 2. The number of hydrogen-bond acceptors (Lipinski definition) is 3. The van der Waals surface area contributed by atoms with Crippen molar-refractivity contribution in [1.82, 2.24) is 0 Å². The summed E-state index contributed by atoms with van der Waals surface area (Å²) in [6, 6.07) is 16.1. The number of nitrogens with one attached hydrogen (secondary N) is 1. The van der Waals surface area contributed by atoms with Gasteiger partial charge in [-0.05, 0) is 12.1 Å². The van der Waals surface area contributed by atoms with Crippen LogP contribution in [0.15, 0.2) is 96.0 Å². The van der Waals surface area contributed by atoms with E-state index in [2.05, 4.69) is 11.9 Å². The van der Waals surface area contributed by atoms with E-state index in [0.717, 1.165) is 0 Å². The molecule has 0 unspecified atom stereocenters. The Labute approximate surface area is 171 Å². The Morgan fingerprint density at radius 2 is 1.66 bits per heavy atom. The molecule has 0 radical (unpaired) electrons. The lowest BCUT2D eigenvalue weighted by Gasteiger charge is -2.04. The van der Waals surface area contributed by atoms with E-state index in [1.807, 2.05) is 38.1 Å². The number of allylic oxidation sites excluding steroid dienone is 4. The zero-order chi connectivity index (χ0) is 21.1. The van der Waals surface area contributed by atoms with Gasteiger partial charge in [-0.1, -0.05) is 93.3 Å². The highest BCUT2D eigenvalue weighted by Crippen LogP contribution is 2.32. The van der Waals surface area contributed by atoms with Gasteiger partial charge in [0.2, 0.25) is 11.7 Å². The number of amides is 1. The van der Waals surface area contributed by atoms with E-state index in [-0.39, 0.29) is 23.9 Å². The molecule has 0 spiro atoms. The summed E-state index contributed by atoms with van der Waals surface area (Å²) < 4.78 is 5.77. The molecule has 2 aromatic carbocycles. The van der Waals surface area contributed by atoms with Crippen molar-refractivity contribution in [2.75, 3.05) is 5.32 Å². The van der Waals surface area contributed by atoms with Crippen LogP contribution in [0.3, 0.4) is 0 Å². The Bertz CT molecular complexity index is 1030. The van der Waals surface area contributed by atoms with Crippen LogP contribution in [0.25, 0.3) is 11.0 Å². The van der Waals surface area contributed by atoms with Gasteiger partial charge in [0.25, 0.3) is 0 Å². The van der Waals surface area contributed by atoms with Crippen LogP contribution in [0.5, 0.6) is 0 Å². The predicted octanol–water partition coefficient (Wildman–Crippen LogP) is 6.32. The molecule has 0 atom stereocenters. The van der Waals surface area contributed by atoms with Gasteiger partial charge in [0.05, 0.1) is 5.69 Å². The molecule has 0 saturated heterocycles. The van der Waals surface area contributed by atoms with Gasteiger partial charge in [0.15, 0.2) is 5.76 Å². The van der Waals surface area contributed by atoms with Gasteiger partial charge in [0.1, 0.15) is 5.58 Å². The van der Waals surface area contributed by atoms with E-state index in [1.54, 1.807) is 60.7 Å². The quantitative estimate of drug-likeness (QED) is 0.381. The van der Waals surface area contributed by atoms with Crippen LogP contribution in [0.2, 0.25) is 0 Å². The summed E-state index contributed by atoms with van der Waals surface area (Å²) in [5, 5.41) is 3.52. The third kappa shape index (κ3) is 5.66. The monoisotopic (exact) mass is 387 g/mol. The van der Waals surface area contributed by atoms with Crippen molar-refractivity contribution < 1.29 is 14.0 Å². The summed E-state index contributed by atoms with van der Waals surface area (Å²) in [4.78, 5) is 25.2. The van der Waals surface area contributed by atoms with Crippen molar-refractivity contribution in [3.8, 4) is 0 Å². The number of ketones is 1. The number of furan rings is 1. The average molecular weight is 387 g/mol. The molecule has 4 nitrogen and oxygen atoms in total. The first-order valence-corrected chi connectivity index (χ1v) is 9.56. The summed E-state index contributed by atoms with van der Waals surface area (Å²) in [6.45, 7) is 7.58. The summed E-state index contributed by atoms with van der Waals surface area (Å²) >= 11 is 0. The summed E-state index contributed by atoms with van der Waals surface area (Å²) in [5.41, 5.74) is 1.46. The Morgan fingerprint density at radius 1 is 0.966 bits per heavy atom. The first kappa shape index (κ1) is 21.6. The van der Waals surface area contributed by atoms with E-state index < -0.39 is 0 Å². The van der Waals surface area contributed by atoms with Crippen molar-refractivity contribution >= 4 is 28.3 Å². The van der Waals surface area contributed by atoms with Gasteiger partial charge >= 0.3 is 0 Å². The topological polar surface area (TPSA) is 59.3 Å². The smallest absolute Gasteiger partial charge is 0.230 e. The average Bonchev–Trinajstić information content (AvgIpc) is 3.13. The molecule has 0 fully saturated rings. The second-order valence-electron chi connectivity index (χ2n) is 5.80. The third-order valence-corrected chi connectivity index (χ3v) is 3.90. The molecule has 1 amide bonds. The lowest BCUT2D eigenvalue weighted by Crippen LogP contribution is -2.13. The number of benzene rings is 2. The van der Waals surface area contributed by atoms with E-state index in [9.17, 15) is 9.59 Å². The maximum atomic E-state index is 12.9. The van der Waals surface area contributed by atoms with Crippen LogP contribution in [0.1, 0.15) is 36.4 Å². The third-order valence-electron chi connectivity index (χ3n) is 3.90. The highest BCUT2D eigenvalue weighted by Gasteiger charge is 2.22. The molecule has 1 N–H and O–H groups in total. The molecule has 1 aromatic heterocycles. The SMILES string of the molecule is C=C/C=C\C=C\CC(=O)Nc1c(C(=O)c2ccccc2)oc2ccccc12.CC. The van der Waals surface area contributed by atoms with Crippen molar-refractivity contribution in [2.45, 2.75) is 20.3 Å². The zero-order valence-electron chi connectivity index (χ0n) is 16.7. The van der Waals surface area contributed by atoms with Gasteiger partial charge in [-0.25, -0.2) is 0 Å². The molecule has 0 aliphatic rings. The number of fused-ring (bicyclic) bond motifs is 1. The van der Waals surface area contributed by atoms with E-state index >= 15 is 0 Å². The summed E-state index contributed by atoms with van der Waals surface area (Å²) in [6.07, 6.45) is 8.90.